The lowest BCUT2D eigenvalue weighted by Crippen LogP contribution is -2.48. The van der Waals surface area contributed by atoms with Crippen LogP contribution in [0, 0.1) is 0 Å². The van der Waals surface area contributed by atoms with Crippen LogP contribution in [0.5, 0.6) is 5.75 Å². The minimum absolute atomic E-state index is 0.222. The maximum absolute atomic E-state index is 12.7. The van der Waals surface area contributed by atoms with E-state index in [1.54, 1.807) is 18.2 Å². The number of likely N-dealkylation sites (N-methyl/N-ethyl adjacent to an activating group) is 1. The summed E-state index contributed by atoms with van der Waals surface area (Å²) in [4.78, 5) is 2.46. The highest BCUT2D eigenvalue weighted by Crippen LogP contribution is 2.30. The van der Waals surface area contributed by atoms with Crippen molar-refractivity contribution in [3.63, 3.8) is 0 Å². The Balaban J connectivity index is 2.29. The van der Waals surface area contributed by atoms with Crippen LogP contribution < -0.4 is 4.74 Å². The van der Waals surface area contributed by atoms with Gasteiger partial charge in [-0.15, -0.1) is 0 Å². The Labute approximate surface area is 128 Å². The molecular formula is C13H19BrN2O3S. The van der Waals surface area contributed by atoms with Crippen molar-refractivity contribution in [1.82, 2.24) is 9.21 Å². The number of hydrogen-bond donors (Lipinski definition) is 0. The van der Waals surface area contributed by atoms with Crippen molar-refractivity contribution in [2.45, 2.75) is 11.8 Å². The standard InChI is InChI=1S/C13H19BrN2O3S/c1-3-15-6-8-16(9-7-15)20(17,18)13-10-11(14)4-5-12(13)19-2/h4-5,10H,3,6-9H2,1-2H3. The van der Waals surface area contributed by atoms with Crippen LogP contribution in [0.1, 0.15) is 6.92 Å². The molecule has 1 aliphatic rings. The minimum Gasteiger partial charge on any atom is -0.495 e. The SMILES string of the molecule is CCN1CCN(S(=O)(=O)c2cc(Br)ccc2OC)CC1. The van der Waals surface area contributed by atoms with E-state index in [4.69, 9.17) is 4.74 Å². The van der Waals surface area contributed by atoms with Gasteiger partial charge in [0, 0.05) is 30.7 Å². The van der Waals surface area contributed by atoms with E-state index in [1.807, 2.05) is 0 Å². The van der Waals surface area contributed by atoms with Crippen LogP contribution in [0.2, 0.25) is 0 Å². The lowest BCUT2D eigenvalue weighted by molar-refractivity contribution is 0.196. The molecule has 1 aromatic rings. The third-order valence-corrected chi connectivity index (χ3v) is 5.94. The average Bonchev–Trinajstić information content (AvgIpc) is 2.47. The summed E-state index contributed by atoms with van der Waals surface area (Å²) < 4.78 is 32.9. The Kier molecular flexibility index (Phi) is 5.06. The molecule has 1 heterocycles. The van der Waals surface area contributed by atoms with E-state index < -0.39 is 10.0 Å². The molecule has 0 amide bonds. The number of methoxy groups -OCH3 is 1. The number of sulfonamides is 1. The van der Waals surface area contributed by atoms with Gasteiger partial charge in [-0.2, -0.15) is 4.31 Å². The number of nitrogens with zero attached hydrogens (tertiary/aromatic N) is 2. The monoisotopic (exact) mass is 362 g/mol. The van der Waals surface area contributed by atoms with E-state index in [1.165, 1.54) is 11.4 Å². The van der Waals surface area contributed by atoms with Crippen molar-refractivity contribution in [1.29, 1.82) is 0 Å². The second-order valence-electron chi connectivity index (χ2n) is 4.63. The fraction of sp³-hybridized carbons (Fsp3) is 0.538. The molecule has 0 spiro atoms. The van der Waals surface area contributed by atoms with Crippen LogP contribution in [0.25, 0.3) is 0 Å². The molecule has 1 fully saturated rings. The first-order chi connectivity index (χ1) is 9.48. The molecule has 0 unspecified atom stereocenters. The largest absolute Gasteiger partial charge is 0.495 e. The fourth-order valence-electron chi connectivity index (χ4n) is 2.28. The molecule has 5 nitrogen and oxygen atoms in total. The molecule has 0 aromatic heterocycles. The maximum Gasteiger partial charge on any atom is 0.246 e. The molecule has 1 aliphatic heterocycles. The van der Waals surface area contributed by atoms with Gasteiger partial charge in [0.2, 0.25) is 10.0 Å². The van der Waals surface area contributed by atoms with Gasteiger partial charge in [0.1, 0.15) is 10.6 Å². The van der Waals surface area contributed by atoms with Gasteiger partial charge >= 0.3 is 0 Å². The smallest absolute Gasteiger partial charge is 0.246 e. The normalized spacial score (nSPS) is 18.1. The molecule has 1 saturated heterocycles. The van der Waals surface area contributed by atoms with Gasteiger partial charge in [-0.1, -0.05) is 22.9 Å². The van der Waals surface area contributed by atoms with Gasteiger partial charge in [0.25, 0.3) is 0 Å². The van der Waals surface area contributed by atoms with E-state index in [2.05, 4.69) is 27.8 Å². The van der Waals surface area contributed by atoms with E-state index in [9.17, 15) is 8.42 Å². The summed E-state index contributed by atoms with van der Waals surface area (Å²) in [6, 6.07) is 5.03. The van der Waals surface area contributed by atoms with Crippen molar-refractivity contribution < 1.29 is 13.2 Å². The quantitative estimate of drug-likeness (QED) is 0.819. The zero-order valence-corrected chi connectivity index (χ0v) is 14.1. The molecule has 0 bridgehead atoms. The predicted octanol–water partition coefficient (Wildman–Crippen LogP) is 1.78. The number of hydrogen-bond acceptors (Lipinski definition) is 4. The highest BCUT2D eigenvalue weighted by molar-refractivity contribution is 9.10. The zero-order valence-electron chi connectivity index (χ0n) is 11.7. The zero-order chi connectivity index (χ0) is 14.8. The van der Waals surface area contributed by atoms with Gasteiger partial charge in [-0.05, 0) is 24.7 Å². The van der Waals surface area contributed by atoms with Gasteiger partial charge < -0.3 is 9.64 Å². The van der Waals surface area contributed by atoms with Crippen LogP contribution in [-0.2, 0) is 10.0 Å². The summed E-state index contributed by atoms with van der Waals surface area (Å²) in [5.74, 6) is 0.381. The van der Waals surface area contributed by atoms with Crippen LogP contribution in [0.4, 0.5) is 0 Å². The Bertz CT molecular complexity index is 569. The lowest BCUT2D eigenvalue weighted by atomic mass is 10.3. The maximum atomic E-state index is 12.7. The second-order valence-corrected chi connectivity index (χ2v) is 7.46. The first-order valence-electron chi connectivity index (χ1n) is 6.55. The minimum atomic E-state index is -3.51. The fourth-order valence-corrected chi connectivity index (χ4v) is 4.39. The van der Waals surface area contributed by atoms with Crippen LogP contribution in [0.3, 0.4) is 0 Å². The number of ether oxygens (including phenoxy) is 1. The van der Waals surface area contributed by atoms with E-state index >= 15 is 0 Å². The molecule has 0 radical (unpaired) electrons. The van der Waals surface area contributed by atoms with Crippen molar-refractivity contribution >= 4 is 26.0 Å². The van der Waals surface area contributed by atoms with Gasteiger partial charge in [-0.25, -0.2) is 8.42 Å². The third-order valence-electron chi connectivity index (χ3n) is 3.52. The molecule has 2 rings (SSSR count). The van der Waals surface area contributed by atoms with Crippen LogP contribution in [0.15, 0.2) is 27.6 Å². The summed E-state index contributed by atoms with van der Waals surface area (Å²) in [7, 11) is -2.02. The Hall–Kier alpha value is -0.630. The number of piperazine rings is 1. The molecule has 0 aliphatic carbocycles. The van der Waals surface area contributed by atoms with E-state index in [0.717, 1.165) is 24.1 Å². The number of benzene rings is 1. The summed E-state index contributed by atoms with van der Waals surface area (Å²) >= 11 is 3.32. The summed E-state index contributed by atoms with van der Waals surface area (Å²) in [5.41, 5.74) is 0. The Morgan fingerprint density at radius 1 is 1.25 bits per heavy atom. The van der Waals surface area contributed by atoms with Crippen LogP contribution in [-0.4, -0.2) is 57.5 Å². The Morgan fingerprint density at radius 2 is 1.90 bits per heavy atom. The van der Waals surface area contributed by atoms with Gasteiger partial charge in [0.15, 0.2) is 0 Å². The highest BCUT2D eigenvalue weighted by Gasteiger charge is 2.30. The molecule has 0 saturated carbocycles. The lowest BCUT2D eigenvalue weighted by Gasteiger charge is -2.33. The first kappa shape index (κ1) is 15.8. The molecule has 0 atom stereocenters. The molecule has 1 aromatic carbocycles. The number of rotatable bonds is 4. The molecule has 20 heavy (non-hydrogen) atoms. The molecule has 0 N–H and O–H groups in total. The summed E-state index contributed by atoms with van der Waals surface area (Å²) in [6.07, 6.45) is 0. The van der Waals surface area contributed by atoms with Crippen molar-refractivity contribution in [2.75, 3.05) is 39.8 Å². The highest BCUT2D eigenvalue weighted by atomic mass is 79.9. The predicted molar refractivity (Wildman–Crippen MR) is 81.6 cm³/mol. The third kappa shape index (κ3) is 3.16. The summed E-state index contributed by atoms with van der Waals surface area (Å²) in [5, 5.41) is 0. The molecular weight excluding hydrogens is 344 g/mol. The van der Waals surface area contributed by atoms with E-state index in [0.29, 0.717) is 18.8 Å². The number of halogens is 1. The van der Waals surface area contributed by atoms with Gasteiger partial charge in [-0.3, -0.25) is 0 Å². The first-order valence-corrected chi connectivity index (χ1v) is 8.78. The molecule has 112 valence electrons. The second kappa shape index (κ2) is 6.43. The van der Waals surface area contributed by atoms with Crippen LogP contribution >= 0.6 is 15.9 Å². The van der Waals surface area contributed by atoms with Crippen molar-refractivity contribution in [3.05, 3.63) is 22.7 Å². The van der Waals surface area contributed by atoms with Crippen molar-refractivity contribution in [3.8, 4) is 5.75 Å². The Morgan fingerprint density at radius 3 is 2.45 bits per heavy atom. The van der Waals surface area contributed by atoms with E-state index in [-0.39, 0.29) is 4.90 Å². The average molecular weight is 363 g/mol. The topological polar surface area (TPSA) is 49.9 Å². The summed E-state index contributed by atoms with van der Waals surface area (Å²) in [6.45, 7) is 5.62. The van der Waals surface area contributed by atoms with Gasteiger partial charge in [0.05, 0.1) is 7.11 Å². The van der Waals surface area contributed by atoms with Crippen molar-refractivity contribution in [2.24, 2.45) is 0 Å². The molecule has 7 heteroatoms.